The van der Waals surface area contributed by atoms with Crippen molar-refractivity contribution in [1.29, 1.82) is 0 Å². The van der Waals surface area contributed by atoms with Gasteiger partial charge in [-0.2, -0.15) is 5.10 Å². The van der Waals surface area contributed by atoms with Crippen molar-refractivity contribution in [3.8, 4) is 11.4 Å². The van der Waals surface area contributed by atoms with Crippen molar-refractivity contribution in [3.63, 3.8) is 0 Å². The molecule has 4 rings (SSSR count). The summed E-state index contributed by atoms with van der Waals surface area (Å²) in [5.41, 5.74) is 3.06. The number of aryl methyl sites for hydroxylation is 1. The van der Waals surface area contributed by atoms with Gasteiger partial charge >= 0.3 is 0 Å². The third-order valence-corrected chi connectivity index (χ3v) is 4.36. The zero-order chi connectivity index (χ0) is 17.2. The van der Waals surface area contributed by atoms with Crippen molar-refractivity contribution in [2.75, 3.05) is 6.54 Å². The van der Waals surface area contributed by atoms with E-state index in [2.05, 4.69) is 25.0 Å². The smallest absolute Gasteiger partial charge is 0.151 e. The van der Waals surface area contributed by atoms with E-state index in [1.165, 1.54) is 6.07 Å². The van der Waals surface area contributed by atoms with Gasteiger partial charge in [-0.25, -0.2) is 14.4 Å². The van der Waals surface area contributed by atoms with Crippen LogP contribution in [0.25, 0.3) is 11.4 Å². The number of hydrogen-bond donors (Lipinski definition) is 0. The summed E-state index contributed by atoms with van der Waals surface area (Å²) >= 11 is 0. The molecule has 3 aromatic heterocycles. The summed E-state index contributed by atoms with van der Waals surface area (Å²) in [5.74, 6) is 0.519. The predicted molar refractivity (Wildman–Crippen MR) is 90.9 cm³/mol. The van der Waals surface area contributed by atoms with Crippen LogP contribution in [0, 0.1) is 5.82 Å². The molecule has 0 unspecified atom stereocenters. The monoisotopic (exact) mass is 338 g/mol. The average Bonchev–Trinajstić information content (AvgIpc) is 3.06. The Morgan fingerprint density at radius 2 is 2.00 bits per heavy atom. The highest BCUT2D eigenvalue weighted by molar-refractivity contribution is 5.55. The molecule has 128 valence electrons. The van der Waals surface area contributed by atoms with E-state index >= 15 is 0 Å². The van der Waals surface area contributed by atoms with E-state index in [1.54, 1.807) is 12.3 Å². The fourth-order valence-electron chi connectivity index (χ4n) is 3.05. The first-order chi connectivity index (χ1) is 12.2. The van der Waals surface area contributed by atoms with Gasteiger partial charge < -0.3 is 0 Å². The minimum absolute atomic E-state index is 0.305. The largest absolute Gasteiger partial charge is 0.291 e. The summed E-state index contributed by atoms with van der Waals surface area (Å²) in [6.07, 6.45) is 6.22. The van der Waals surface area contributed by atoms with Crippen LogP contribution in [0.3, 0.4) is 0 Å². The van der Waals surface area contributed by atoms with Gasteiger partial charge in [0.2, 0.25) is 0 Å². The topological polar surface area (TPSA) is 59.7 Å². The molecule has 0 amide bonds. The second-order valence-electron chi connectivity index (χ2n) is 6.15. The highest BCUT2D eigenvalue weighted by Crippen LogP contribution is 2.23. The Kier molecular flexibility index (Phi) is 4.23. The van der Waals surface area contributed by atoms with Crippen molar-refractivity contribution >= 4 is 0 Å². The molecule has 0 aromatic carbocycles. The third-order valence-electron chi connectivity index (χ3n) is 4.36. The number of hydrogen-bond acceptors (Lipinski definition) is 5. The first-order valence-electron chi connectivity index (χ1n) is 8.42. The SMILES string of the molecule is CCc1ncc(CN2CCn3nc(-c4ncccc4F)cc3C2)cn1. The molecule has 4 heterocycles. The van der Waals surface area contributed by atoms with Crippen molar-refractivity contribution in [2.45, 2.75) is 33.0 Å². The van der Waals surface area contributed by atoms with Gasteiger partial charge in [0, 0.05) is 50.2 Å². The molecule has 6 nitrogen and oxygen atoms in total. The maximum atomic E-state index is 13.9. The second-order valence-corrected chi connectivity index (χ2v) is 6.15. The van der Waals surface area contributed by atoms with Gasteiger partial charge in [-0.3, -0.25) is 14.6 Å². The lowest BCUT2D eigenvalue weighted by molar-refractivity contribution is 0.205. The standard InChI is InChI=1S/C18H19FN6/c1-2-17-21-9-13(10-22-17)11-24-6-7-25-14(12-24)8-16(23-25)18-15(19)4-3-5-20-18/h3-5,8-10H,2,6-7,11-12H2,1H3. The summed E-state index contributed by atoms with van der Waals surface area (Å²) in [7, 11) is 0. The summed E-state index contributed by atoms with van der Waals surface area (Å²) in [6, 6.07) is 4.92. The Morgan fingerprint density at radius 1 is 1.16 bits per heavy atom. The first-order valence-corrected chi connectivity index (χ1v) is 8.42. The minimum atomic E-state index is -0.344. The molecule has 1 aliphatic rings. The predicted octanol–water partition coefficient (Wildman–Crippen LogP) is 2.45. The molecule has 0 spiro atoms. The minimum Gasteiger partial charge on any atom is -0.291 e. The Hall–Kier alpha value is -2.67. The Bertz CT molecular complexity index is 874. The van der Waals surface area contributed by atoms with Crippen LogP contribution >= 0.6 is 0 Å². The van der Waals surface area contributed by atoms with Gasteiger partial charge in [0.1, 0.15) is 17.2 Å². The van der Waals surface area contributed by atoms with E-state index in [1.807, 2.05) is 30.1 Å². The molecule has 0 fully saturated rings. The van der Waals surface area contributed by atoms with Crippen LogP contribution in [0.4, 0.5) is 4.39 Å². The summed E-state index contributed by atoms with van der Waals surface area (Å²) < 4.78 is 15.9. The summed E-state index contributed by atoms with van der Waals surface area (Å²) in [5, 5.41) is 4.51. The number of fused-ring (bicyclic) bond motifs is 1. The summed E-state index contributed by atoms with van der Waals surface area (Å²) in [6.45, 7) is 5.26. The van der Waals surface area contributed by atoms with Gasteiger partial charge in [0.25, 0.3) is 0 Å². The van der Waals surface area contributed by atoms with E-state index in [4.69, 9.17) is 0 Å². The van der Waals surface area contributed by atoms with Gasteiger partial charge in [-0.1, -0.05) is 6.92 Å². The Balaban J connectivity index is 1.50. The molecule has 0 N–H and O–H groups in total. The van der Waals surface area contributed by atoms with Crippen LogP contribution in [-0.2, 0) is 26.1 Å². The molecule has 0 radical (unpaired) electrons. The quantitative estimate of drug-likeness (QED) is 0.731. The van der Waals surface area contributed by atoms with Crippen LogP contribution < -0.4 is 0 Å². The summed E-state index contributed by atoms with van der Waals surface area (Å²) in [4.78, 5) is 15.1. The van der Waals surface area contributed by atoms with Gasteiger partial charge in [-0.05, 0) is 18.2 Å². The molecule has 0 atom stereocenters. The average molecular weight is 338 g/mol. The van der Waals surface area contributed by atoms with Crippen molar-refractivity contribution in [2.24, 2.45) is 0 Å². The van der Waals surface area contributed by atoms with Crippen molar-refractivity contribution in [3.05, 3.63) is 59.7 Å². The number of pyridine rings is 1. The zero-order valence-electron chi connectivity index (χ0n) is 14.1. The van der Waals surface area contributed by atoms with Crippen LogP contribution in [0.15, 0.2) is 36.8 Å². The molecule has 0 aliphatic carbocycles. The molecule has 25 heavy (non-hydrogen) atoms. The molecule has 1 aliphatic heterocycles. The molecular formula is C18H19FN6. The van der Waals surface area contributed by atoms with Crippen LogP contribution in [0.1, 0.15) is 24.0 Å². The lowest BCUT2D eigenvalue weighted by atomic mass is 10.2. The van der Waals surface area contributed by atoms with Crippen molar-refractivity contribution < 1.29 is 4.39 Å². The highest BCUT2D eigenvalue weighted by atomic mass is 19.1. The molecule has 0 bridgehead atoms. The molecule has 0 saturated carbocycles. The van der Waals surface area contributed by atoms with Crippen LogP contribution in [0.2, 0.25) is 0 Å². The molecule has 3 aromatic rings. The molecular weight excluding hydrogens is 319 g/mol. The van der Waals surface area contributed by atoms with E-state index < -0.39 is 0 Å². The van der Waals surface area contributed by atoms with E-state index in [9.17, 15) is 4.39 Å². The highest BCUT2D eigenvalue weighted by Gasteiger charge is 2.20. The Morgan fingerprint density at radius 3 is 2.76 bits per heavy atom. The van der Waals surface area contributed by atoms with Gasteiger partial charge in [0.05, 0.1) is 12.2 Å². The second kappa shape index (κ2) is 6.68. The number of aromatic nitrogens is 5. The molecule has 7 heteroatoms. The zero-order valence-corrected chi connectivity index (χ0v) is 14.1. The fraction of sp³-hybridized carbons (Fsp3) is 0.333. The Labute approximate surface area is 145 Å². The van der Waals surface area contributed by atoms with Gasteiger partial charge in [0.15, 0.2) is 5.82 Å². The number of rotatable bonds is 4. The van der Waals surface area contributed by atoms with E-state index in [0.29, 0.717) is 11.4 Å². The normalized spacial score (nSPS) is 14.5. The van der Waals surface area contributed by atoms with E-state index in [0.717, 1.165) is 49.7 Å². The number of halogens is 1. The maximum absolute atomic E-state index is 13.9. The maximum Gasteiger partial charge on any atom is 0.151 e. The van der Waals surface area contributed by atoms with Crippen LogP contribution in [-0.4, -0.2) is 36.2 Å². The lowest BCUT2D eigenvalue weighted by Gasteiger charge is -2.27. The molecule has 0 saturated heterocycles. The van der Waals surface area contributed by atoms with E-state index in [-0.39, 0.29) is 5.82 Å². The van der Waals surface area contributed by atoms with Crippen molar-refractivity contribution in [1.82, 2.24) is 29.6 Å². The lowest BCUT2D eigenvalue weighted by Crippen LogP contribution is -2.33. The first kappa shape index (κ1) is 15.8. The number of nitrogens with zero attached hydrogens (tertiary/aromatic N) is 6. The van der Waals surface area contributed by atoms with Crippen LogP contribution in [0.5, 0.6) is 0 Å². The third kappa shape index (κ3) is 3.28. The van der Waals surface area contributed by atoms with Gasteiger partial charge in [-0.15, -0.1) is 0 Å². The fourth-order valence-corrected chi connectivity index (χ4v) is 3.05.